The largest absolute Gasteiger partial charge is 0.326 e. The third kappa shape index (κ3) is 4.70. The summed E-state index contributed by atoms with van der Waals surface area (Å²) in [6, 6.07) is 10.7. The number of rotatable bonds is 6. The van der Waals surface area contributed by atoms with E-state index in [1.54, 1.807) is 25.1 Å². The van der Waals surface area contributed by atoms with Crippen LogP contribution in [0.1, 0.15) is 25.8 Å². The fraction of sp³-hybridized carbons (Fsp3) is 0.316. The van der Waals surface area contributed by atoms with Crippen LogP contribution in [0.25, 0.3) is 0 Å². The normalized spacial score (nSPS) is 14.2. The number of fused-ring (bicyclic) bond motifs is 1. The SMILES string of the molecule is CCS(=O)(=O)N1CCCc2cc(NS(=O)(=O)c3ccc(NC(C)=O)cc3)ccc21. The number of benzene rings is 2. The summed E-state index contributed by atoms with van der Waals surface area (Å²) in [7, 11) is -7.20. The zero-order valence-electron chi connectivity index (χ0n) is 16.2. The van der Waals surface area contributed by atoms with Crippen molar-refractivity contribution >= 4 is 43.0 Å². The number of sulfonamides is 2. The molecule has 1 amide bonds. The van der Waals surface area contributed by atoms with Gasteiger partial charge in [0.1, 0.15) is 0 Å². The van der Waals surface area contributed by atoms with Crippen LogP contribution < -0.4 is 14.3 Å². The van der Waals surface area contributed by atoms with Gasteiger partial charge in [0.15, 0.2) is 0 Å². The van der Waals surface area contributed by atoms with Crippen LogP contribution in [0.5, 0.6) is 0 Å². The molecule has 2 aromatic rings. The molecule has 0 aromatic heterocycles. The van der Waals surface area contributed by atoms with E-state index < -0.39 is 20.0 Å². The lowest BCUT2D eigenvalue weighted by atomic mass is 10.0. The van der Waals surface area contributed by atoms with E-state index in [1.807, 2.05) is 0 Å². The van der Waals surface area contributed by atoms with Crippen LogP contribution in [0.2, 0.25) is 0 Å². The molecule has 1 aliphatic rings. The summed E-state index contributed by atoms with van der Waals surface area (Å²) in [6.45, 7) is 3.40. The molecular formula is C19H23N3O5S2. The monoisotopic (exact) mass is 437 g/mol. The van der Waals surface area contributed by atoms with Crippen LogP contribution in [0.4, 0.5) is 17.1 Å². The Labute approximate surface area is 171 Å². The van der Waals surface area contributed by atoms with Crippen molar-refractivity contribution in [3.05, 3.63) is 48.0 Å². The number of nitrogens with zero attached hydrogens (tertiary/aromatic N) is 1. The number of carbonyl (C=O) groups is 1. The molecule has 1 heterocycles. The van der Waals surface area contributed by atoms with Gasteiger partial charge in [-0.25, -0.2) is 16.8 Å². The van der Waals surface area contributed by atoms with E-state index >= 15 is 0 Å². The molecule has 0 fully saturated rings. The first-order valence-electron chi connectivity index (χ1n) is 9.16. The van der Waals surface area contributed by atoms with Crippen molar-refractivity contribution in [1.82, 2.24) is 0 Å². The Morgan fingerprint density at radius 1 is 1.03 bits per heavy atom. The molecule has 0 unspecified atom stereocenters. The summed E-state index contributed by atoms with van der Waals surface area (Å²) in [6.07, 6.45) is 1.35. The molecule has 1 aliphatic heterocycles. The molecular weight excluding hydrogens is 414 g/mol. The van der Waals surface area contributed by atoms with E-state index in [0.717, 1.165) is 5.56 Å². The van der Waals surface area contributed by atoms with Crippen LogP contribution in [-0.4, -0.2) is 35.0 Å². The van der Waals surface area contributed by atoms with E-state index in [-0.39, 0.29) is 16.6 Å². The topological polar surface area (TPSA) is 113 Å². The lowest BCUT2D eigenvalue weighted by molar-refractivity contribution is -0.114. The van der Waals surface area contributed by atoms with E-state index in [4.69, 9.17) is 0 Å². The Bertz CT molecular complexity index is 1130. The van der Waals surface area contributed by atoms with Crippen molar-refractivity contribution in [3.8, 4) is 0 Å². The highest BCUT2D eigenvalue weighted by atomic mass is 32.2. The molecule has 0 spiro atoms. The third-order valence-electron chi connectivity index (χ3n) is 4.59. The molecule has 0 bridgehead atoms. The Morgan fingerprint density at radius 3 is 2.31 bits per heavy atom. The minimum atomic E-state index is -3.83. The first-order chi connectivity index (χ1) is 13.6. The van der Waals surface area contributed by atoms with Gasteiger partial charge in [-0.2, -0.15) is 0 Å². The molecule has 0 saturated carbocycles. The second-order valence-electron chi connectivity index (χ2n) is 6.73. The van der Waals surface area contributed by atoms with Gasteiger partial charge in [0, 0.05) is 24.8 Å². The highest BCUT2D eigenvalue weighted by molar-refractivity contribution is 7.93. The lowest BCUT2D eigenvalue weighted by Gasteiger charge is -2.30. The number of carbonyl (C=O) groups excluding carboxylic acids is 1. The van der Waals surface area contributed by atoms with Gasteiger partial charge in [-0.3, -0.25) is 13.8 Å². The summed E-state index contributed by atoms with van der Waals surface area (Å²) in [4.78, 5) is 11.1. The highest BCUT2D eigenvalue weighted by Gasteiger charge is 2.26. The standard InChI is InChI=1S/C19H23N3O5S2/c1-3-28(24,25)22-12-4-5-15-13-17(8-11-19(15)22)21-29(26,27)18-9-6-16(7-10-18)20-14(2)23/h6-11,13,21H,3-5,12H2,1-2H3,(H,20,23). The van der Waals surface area contributed by atoms with Gasteiger partial charge in [-0.15, -0.1) is 0 Å². The number of anilines is 3. The van der Waals surface area contributed by atoms with E-state index in [9.17, 15) is 21.6 Å². The molecule has 0 atom stereocenters. The molecule has 10 heteroatoms. The van der Waals surface area contributed by atoms with Crippen molar-refractivity contribution in [2.75, 3.05) is 26.6 Å². The average Bonchev–Trinajstić information content (AvgIpc) is 2.67. The van der Waals surface area contributed by atoms with Crippen LogP contribution in [0.15, 0.2) is 47.4 Å². The van der Waals surface area contributed by atoms with E-state index in [0.29, 0.717) is 36.4 Å². The predicted octanol–water partition coefficient (Wildman–Crippen LogP) is 2.55. The first-order valence-corrected chi connectivity index (χ1v) is 12.3. The average molecular weight is 438 g/mol. The Kier molecular flexibility index (Phi) is 5.85. The van der Waals surface area contributed by atoms with Crippen molar-refractivity contribution in [1.29, 1.82) is 0 Å². The molecule has 156 valence electrons. The van der Waals surface area contributed by atoms with E-state index in [1.165, 1.54) is 35.5 Å². The van der Waals surface area contributed by atoms with Gasteiger partial charge in [0.2, 0.25) is 15.9 Å². The van der Waals surface area contributed by atoms with Crippen LogP contribution in [-0.2, 0) is 31.3 Å². The second kappa shape index (κ2) is 8.03. The predicted molar refractivity (Wildman–Crippen MR) is 113 cm³/mol. The van der Waals surface area contributed by atoms with Crippen molar-refractivity contribution in [3.63, 3.8) is 0 Å². The van der Waals surface area contributed by atoms with Crippen LogP contribution >= 0.6 is 0 Å². The van der Waals surface area contributed by atoms with Gasteiger partial charge < -0.3 is 5.32 Å². The highest BCUT2D eigenvalue weighted by Crippen LogP contribution is 2.32. The Hall–Kier alpha value is -2.59. The fourth-order valence-electron chi connectivity index (χ4n) is 3.21. The summed E-state index contributed by atoms with van der Waals surface area (Å²) < 4.78 is 53.9. The Balaban J connectivity index is 1.84. The minimum absolute atomic E-state index is 0.00923. The van der Waals surface area contributed by atoms with Gasteiger partial charge in [0.05, 0.1) is 16.3 Å². The fourth-order valence-corrected chi connectivity index (χ4v) is 5.45. The summed E-state index contributed by atoms with van der Waals surface area (Å²) >= 11 is 0. The van der Waals surface area contributed by atoms with Gasteiger partial charge in [-0.05, 0) is 67.8 Å². The minimum Gasteiger partial charge on any atom is -0.326 e. The summed E-state index contributed by atoms with van der Waals surface area (Å²) in [5.74, 6) is -0.234. The summed E-state index contributed by atoms with van der Waals surface area (Å²) in [5.41, 5.74) is 2.25. The molecule has 2 N–H and O–H groups in total. The van der Waals surface area contributed by atoms with Crippen molar-refractivity contribution in [2.24, 2.45) is 0 Å². The molecule has 0 radical (unpaired) electrons. The van der Waals surface area contributed by atoms with E-state index in [2.05, 4.69) is 10.0 Å². The van der Waals surface area contributed by atoms with Crippen molar-refractivity contribution < 1.29 is 21.6 Å². The molecule has 8 nitrogen and oxygen atoms in total. The maximum atomic E-state index is 12.7. The van der Waals surface area contributed by atoms with Crippen LogP contribution in [0, 0.1) is 0 Å². The molecule has 29 heavy (non-hydrogen) atoms. The van der Waals surface area contributed by atoms with Crippen molar-refractivity contribution in [2.45, 2.75) is 31.6 Å². The number of hydrogen-bond acceptors (Lipinski definition) is 5. The molecule has 3 rings (SSSR count). The first kappa shape index (κ1) is 21.1. The quantitative estimate of drug-likeness (QED) is 0.721. The van der Waals surface area contributed by atoms with Gasteiger partial charge in [0.25, 0.3) is 10.0 Å². The Morgan fingerprint density at radius 2 is 1.69 bits per heavy atom. The number of nitrogens with one attached hydrogen (secondary N) is 2. The van der Waals surface area contributed by atoms with Crippen LogP contribution in [0.3, 0.4) is 0 Å². The smallest absolute Gasteiger partial charge is 0.261 e. The molecule has 2 aromatic carbocycles. The third-order valence-corrected chi connectivity index (χ3v) is 7.77. The van der Waals surface area contributed by atoms with Gasteiger partial charge >= 0.3 is 0 Å². The number of amides is 1. The number of hydrogen-bond donors (Lipinski definition) is 2. The lowest BCUT2D eigenvalue weighted by Crippen LogP contribution is -2.36. The zero-order chi connectivity index (χ0) is 21.2. The van der Waals surface area contributed by atoms with Gasteiger partial charge in [-0.1, -0.05) is 0 Å². The molecule has 0 aliphatic carbocycles. The summed E-state index contributed by atoms with van der Waals surface area (Å²) in [5, 5.41) is 2.58. The second-order valence-corrected chi connectivity index (χ2v) is 10.6. The maximum absolute atomic E-state index is 12.7. The maximum Gasteiger partial charge on any atom is 0.261 e. The molecule has 0 saturated heterocycles. The zero-order valence-corrected chi connectivity index (χ0v) is 17.8. The number of aryl methyl sites for hydroxylation is 1.